The molecule has 1 saturated heterocycles. The normalized spacial score (nSPS) is 17.5. The molecular formula is C25H27N3O7. The third-order valence-corrected chi connectivity index (χ3v) is 5.85. The van der Waals surface area contributed by atoms with E-state index in [9.17, 15) is 19.2 Å². The Balaban J connectivity index is 1.48. The zero-order chi connectivity index (χ0) is 24.9. The fraction of sp³-hybridized carbons (Fsp3) is 0.360. The van der Waals surface area contributed by atoms with E-state index >= 15 is 0 Å². The van der Waals surface area contributed by atoms with E-state index in [-0.39, 0.29) is 43.4 Å². The van der Waals surface area contributed by atoms with Crippen molar-refractivity contribution >= 4 is 29.6 Å². The first-order chi connectivity index (χ1) is 16.8. The second kappa shape index (κ2) is 10.6. The van der Waals surface area contributed by atoms with Gasteiger partial charge in [-0.05, 0) is 47.7 Å². The van der Waals surface area contributed by atoms with E-state index in [1.807, 2.05) is 36.4 Å². The number of rotatable bonds is 6. The predicted octanol–water partition coefficient (Wildman–Crippen LogP) is 2.93. The van der Waals surface area contributed by atoms with Crippen LogP contribution in [0.1, 0.15) is 43.7 Å². The molecule has 0 saturated carbocycles. The number of anilines is 1. The fourth-order valence-corrected chi connectivity index (χ4v) is 4.20. The molecule has 0 spiro atoms. The van der Waals surface area contributed by atoms with E-state index in [0.29, 0.717) is 18.7 Å². The van der Waals surface area contributed by atoms with Gasteiger partial charge in [0.1, 0.15) is 12.6 Å². The smallest absolute Gasteiger partial charge is 0.432 e. The summed E-state index contributed by atoms with van der Waals surface area (Å²) in [4.78, 5) is 53.1. The molecule has 10 nitrogen and oxygen atoms in total. The Morgan fingerprint density at radius 1 is 1.14 bits per heavy atom. The highest BCUT2D eigenvalue weighted by Gasteiger charge is 2.31. The maximum Gasteiger partial charge on any atom is 0.533 e. The first kappa shape index (κ1) is 24.2. The zero-order valence-corrected chi connectivity index (χ0v) is 19.5. The number of hydrogen-bond donors (Lipinski definition) is 2. The van der Waals surface area contributed by atoms with Gasteiger partial charge in [-0.25, -0.2) is 4.79 Å². The Morgan fingerprint density at radius 2 is 1.91 bits per heavy atom. The number of ether oxygens (including phenoxy) is 2. The second-order valence-corrected chi connectivity index (χ2v) is 8.42. The Morgan fingerprint density at radius 3 is 2.71 bits per heavy atom. The number of nitrogens with one attached hydrogen (secondary N) is 2. The monoisotopic (exact) mass is 481 g/mol. The molecule has 3 amide bonds. The summed E-state index contributed by atoms with van der Waals surface area (Å²) < 4.78 is 10.6. The van der Waals surface area contributed by atoms with Gasteiger partial charge in [0, 0.05) is 31.6 Å². The quantitative estimate of drug-likeness (QED) is 0.608. The van der Waals surface area contributed by atoms with E-state index in [4.69, 9.17) is 14.3 Å². The molecule has 2 atom stereocenters. The summed E-state index contributed by atoms with van der Waals surface area (Å²) in [5.74, 6) is -1.29. The van der Waals surface area contributed by atoms with Crippen molar-refractivity contribution in [3.05, 3.63) is 53.6 Å². The molecule has 0 aromatic heterocycles. The van der Waals surface area contributed by atoms with Gasteiger partial charge in [-0.3, -0.25) is 14.4 Å². The lowest BCUT2D eigenvalue weighted by Gasteiger charge is -2.19. The molecule has 4 rings (SSSR count). The van der Waals surface area contributed by atoms with Crippen LogP contribution in [0.15, 0.2) is 42.5 Å². The minimum absolute atomic E-state index is 0.0224. The molecule has 35 heavy (non-hydrogen) atoms. The number of carbonyl (C=O) groups is 4. The van der Waals surface area contributed by atoms with Gasteiger partial charge in [0.15, 0.2) is 6.73 Å². The van der Waals surface area contributed by atoms with Crippen molar-refractivity contribution < 1.29 is 33.5 Å². The van der Waals surface area contributed by atoms with Gasteiger partial charge >= 0.3 is 6.16 Å². The molecule has 2 unspecified atom stereocenters. The first-order valence-corrected chi connectivity index (χ1v) is 11.4. The molecule has 0 bridgehead atoms. The van der Waals surface area contributed by atoms with Crippen LogP contribution in [0.5, 0.6) is 0 Å². The summed E-state index contributed by atoms with van der Waals surface area (Å²) >= 11 is 0. The van der Waals surface area contributed by atoms with Crippen LogP contribution in [0, 0.1) is 0 Å². The molecule has 2 aromatic carbocycles. The molecule has 1 aliphatic heterocycles. The van der Waals surface area contributed by atoms with Crippen LogP contribution in [0.3, 0.4) is 0 Å². The van der Waals surface area contributed by atoms with Crippen molar-refractivity contribution in [3.63, 3.8) is 0 Å². The minimum atomic E-state index is -0.997. The van der Waals surface area contributed by atoms with Gasteiger partial charge in [0.2, 0.25) is 11.8 Å². The average Bonchev–Trinajstić information content (AvgIpc) is 2.99. The summed E-state index contributed by atoms with van der Waals surface area (Å²) in [7, 11) is 0. The van der Waals surface area contributed by atoms with Crippen molar-refractivity contribution in [3.8, 4) is 11.1 Å². The lowest BCUT2D eigenvalue weighted by molar-refractivity contribution is -0.190. The van der Waals surface area contributed by atoms with Gasteiger partial charge < -0.3 is 24.9 Å². The number of nitrogens with zero attached hydrogens (tertiary/aromatic N) is 1. The van der Waals surface area contributed by atoms with Crippen molar-refractivity contribution in [2.75, 3.05) is 25.3 Å². The molecular weight excluding hydrogens is 454 g/mol. The van der Waals surface area contributed by atoms with E-state index in [1.54, 1.807) is 13.0 Å². The van der Waals surface area contributed by atoms with Crippen molar-refractivity contribution in [2.24, 2.45) is 0 Å². The van der Waals surface area contributed by atoms with E-state index in [1.165, 1.54) is 6.92 Å². The molecule has 184 valence electrons. The maximum absolute atomic E-state index is 12.4. The summed E-state index contributed by atoms with van der Waals surface area (Å²) in [6, 6.07) is 12.6. The number of carbonyl (C=O) groups excluding carboxylic acids is 4. The Labute approximate surface area is 202 Å². The third kappa shape index (κ3) is 5.60. The van der Waals surface area contributed by atoms with Crippen LogP contribution in [-0.4, -0.2) is 54.9 Å². The topological polar surface area (TPSA) is 123 Å². The lowest BCUT2D eigenvalue weighted by atomic mass is 9.97. The zero-order valence-electron chi connectivity index (χ0n) is 19.5. The minimum Gasteiger partial charge on any atom is -0.432 e. The standard InChI is InChI=1S/C25H27N3O7/c1-15(26-16(2)29)24(31)27-17-9-10-20-18-6-3-4-7-19(18)22(21(20)12-17)13-34-25(32)35-28-14-33-11-5-8-23(28)30/h3-4,6-7,9-10,12,15,22H,5,8,11,13-14H2,1-2H3,(H,26,29)(H,27,31). The SMILES string of the molecule is CC(=O)NC(C)C(=O)Nc1ccc2c(c1)C(COC(=O)ON1COCCCC1=O)c1ccccc1-2. The summed E-state index contributed by atoms with van der Waals surface area (Å²) in [6.45, 7) is 3.21. The number of fused-ring (bicyclic) bond motifs is 3. The van der Waals surface area contributed by atoms with Crippen LogP contribution in [0.25, 0.3) is 11.1 Å². The summed E-state index contributed by atoms with van der Waals surface area (Å²) in [6.07, 6.45) is -0.208. The van der Waals surface area contributed by atoms with Gasteiger partial charge in [-0.2, -0.15) is 0 Å². The molecule has 1 heterocycles. The summed E-state index contributed by atoms with van der Waals surface area (Å²) in [5, 5.41) is 6.23. The first-order valence-electron chi connectivity index (χ1n) is 11.4. The molecule has 0 radical (unpaired) electrons. The summed E-state index contributed by atoms with van der Waals surface area (Å²) in [5.41, 5.74) is 4.37. The Hall–Kier alpha value is -3.92. The number of benzene rings is 2. The average molecular weight is 482 g/mol. The van der Waals surface area contributed by atoms with Crippen LogP contribution < -0.4 is 10.6 Å². The largest absolute Gasteiger partial charge is 0.533 e. The number of hydroxylamine groups is 2. The van der Waals surface area contributed by atoms with Gasteiger partial charge in [0.05, 0.1) is 0 Å². The van der Waals surface area contributed by atoms with Crippen LogP contribution >= 0.6 is 0 Å². The highest BCUT2D eigenvalue weighted by Crippen LogP contribution is 2.45. The molecule has 1 fully saturated rings. The van der Waals surface area contributed by atoms with Gasteiger partial charge in [-0.15, -0.1) is 5.06 Å². The highest BCUT2D eigenvalue weighted by molar-refractivity contribution is 5.97. The highest BCUT2D eigenvalue weighted by atomic mass is 16.8. The van der Waals surface area contributed by atoms with E-state index < -0.39 is 12.2 Å². The van der Waals surface area contributed by atoms with Crippen LogP contribution in [0.4, 0.5) is 10.5 Å². The van der Waals surface area contributed by atoms with E-state index in [2.05, 4.69) is 10.6 Å². The second-order valence-electron chi connectivity index (χ2n) is 8.42. The van der Waals surface area contributed by atoms with Crippen LogP contribution in [-0.2, 0) is 28.7 Å². The third-order valence-electron chi connectivity index (χ3n) is 5.85. The molecule has 2 N–H and O–H groups in total. The van der Waals surface area contributed by atoms with Crippen molar-refractivity contribution in [1.82, 2.24) is 10.4 Å². The molecule has 1 aliphatic carbocycles. The Kier molecular flexibility index (Phi) is 7.31. The Bertz CT molecular complexity index is 1150. The number of hydrogen-bond acceptors (Lipinski definition) is 7. The van der Waals surface area contributed by atoms with Gasteiger partial charge in [-0.1, -0.05) is 30.3 Å². The van der Waals surface area contributed by atoms with Crippen molar-refractivity contribution in [1.29, 1.82) is 0 Å². The lowest BCUT2D eigenvalue weighted by Crippen LogP contribution is -2.40. The molecule has 2 aromatic rings. The molecule has 10 heteroatoms. The van der Waals surface area contributed by atoms with Crippen LogP contribution in [0.2, 0.25) is 0 Å². The van der Waals surface area contributed by atoms with Crippen molar-refractivity contribution in [2.45, 2.75) is 38.6 Å². The van der Waals surface area contributed by atoms with Gasteiger partial charge in [0.25, 0.3) is 5.91 Å². The fourth-order valence-electron chi connectivity index (χ4n) is 4.20. The predicted molar refractivity (Wildman–Crippen MR) is 125 cm³/mol. The van der Waals surface area contributed by atoms with E-state index in [0.717, 1.165) is 27.3 Å². The maximum atomic E-state index is 12.4. The molecule has 2 aliphatic rings. The number of amides is 3.